The predicted octanol–water partition coefficient (Wildman–Crippen LogP) is 5.23. The molecule has 0 aliphatic carbocycles. The van der Waals surface area contributed by atoms with Gasteiger partial charge in [-0.25, -0.2) is 0 Å². The van der Waals surface area contributed by atoms with Gasteiger partial charge in [0.05, 0.1) is 0 Å². The molecule has 108 valence electrons. The maximum atomic E-state index is 12.2. The molecule has 0 amide bonds. The van der Waals surface area contributed by atoms with E-state index in [0.29, 0.717) is 23.7 Å². The quantitative estimate of drug-likeness (QED) is 0.388. The molecule has 0 atom stereocenters. The molecule has 8 heteroatoms. The van der Waals surface area contributed by atoms with Crippen LogP contribution in [0.5, 0.6) is 5.75 Å². The number of aryl methyl sites for hydroxylation is 1. The molecule has 0 saturated heterocycles. The first-order valence-electron chi connectivity index (χ1n) is 5.21. The van der Waals surface area contributed by atoms with Gasteiger partial charge < -0.3 is 4.74 Å². The first-order valence-corrected chi connectivity index (χ1v) is 7.15. The van der Waals surface area contributed by atoms with Crippen LogP contribution >= 0.6 is 27.7 Å². The average Bonchev–Trinajstić information content (AvgIpc) is 2.26. The number of benzene rings is 1. The van der Waals surface area contributed by atoms with Gasteiger partial charge in [0.15, 0.2) is 0 Å². The van der Waals surface area contributed by atoms with Crippen molar-refractivity contribution >= 4 is 27.7 Å². The van der Waals surface area contributed by atoms with Gasteiger partial charge in [-0.15, -0.1) is 0 Å². The normalized spacial score (nSPS) is 11.9. The summed E-state index contributed by atoms with van der Waals surface area (Å²) in [7, 11) is 0. The molecule has 0 spiro atoms. The van der Waals surface area contributed by atoms with Crippen molar-refractivity contribution in [2.75, 3.05) is 5.33 Å². The van der Waals surface area contributed by atoms with E-state index in [1.54, 1.807) is 0 Å². The molecule has 0 aliphatic heterocycles. The Balaban J connectivity index is 2.93. The number of halogens is 6. The summed E-state index contributed by atoms with van der Waals surface area (Å²) in [5.74, 6) is -0.0810. The van der Waals surface area contributed by atoms with Crippen LogP contribution in [0.25, 0.3) is 0 Å². The van der Waals surface area contributed by atoms with Crippen LogP contribution in [0.1, 0.15) is 12.0 Å². The molecule has 0 unspecified atom stereocenters. The highest BCUT2D eigenvalue weighted by Gasteiger charge is 2.29. The maximum absolute atomic E-state index is 12.2. The Kier molecular flexibility index (Phi) is 6.38. The Hall–Kier alpha value is -0.500. The van der Waals surface area contributed by atoms with Crippen LogP contribution in [0, 0.1) is 0 Å². The van der Waals surface area contributed by atoms with Crippen molar-refractivity contribution in [3.63, 3.8) is 0 Å². The number of hydrogen-bond acceptors (Lipinski definition) is 2. The molecule has 1 rings (SSSR count). The van der Waals surface area contributed by atoms with Crippen molar-refractivity contribution in [2.24, 2.45) is 0 Å². The lowest BCUT2D eigenvalue weighted by molar-refractivity contribution is -0.0505. The number of ether oxygens (including phenoxy) is 1. The first kappa shape index (κ1) is 16.6. The summed E-state index contributed by atoms with van der Waals surface area (Å²) in [6.07, 6.45) is 0.972. The molecule has 0 N–H and O–H groups in total. The summed E-state index contributed by atoms with van der Waals surface area (Å²) in [5, 5.41) is 0.623. The molecule has 0 bridgehead atoms. The van der Waals surface area contributed by atoms with Crippen molar-refractivity contribution < 1.29 is 26.7 Å². The van der Waals surface area contributed by atoms with Gasteiger partial charge in [0.25, 0.3) is 0 Å². The van der Waals surface area contributed by atoms with E-state index in [4.69, 9.17) is 0 Å². The van der Waals surface area contributed by atoms with Crippen LogP contribution in [0.2, 0.25) is 0 Å². The second-order valence-corrected chi connectivity index (χ2v) is 5.42. The van der Waals surface area contributed by atoms with Gasteiger partial charge in [-0.05, 0) is 48.4 Å². The zero-order chi connectivity index (χ0) is 14.5. The highest BCUT2D eigenvalue weighted by atomic mass is 79.9. The van der Waals surface area contributed by atoms with Crippen molar-refractivity contribution in [1.82, 2.24) is 0 Å². The summed E-state index contributed by atoms with van der Waals surface area (Å²) < 4.78 is 65.4. The van der Waals surface area contributed by atoms with Crippen molar-refractivity contribution in [1.29, 1.82) is 0 Å². The highest BCUT2D eigenvalue weighted by Crippen LogP contribution is 2.38. The molecule has 0 heterocycles. The van der Waals surface area contributed by atoms with E-state index in [2.05, 4.69) is 20.7 Å². The lowest BCUT2D eigenvalue weighted by Gasteiger charge is -2.13. The molecule has 0 radical (unpaired) electrons. The topological polar surface area (TPSA) is 9.23 Å². The zero-order valence-corrected chi connectivity index (χ0v) is 11.9. The standard InChI is InChI=1S/C11H10BrF5OS/c12-5-1-2-7-6-8(19-11(15,16)17)3-4-9(7)18-10(13)14/h3-4,6,10H,1-2,5H2. The predicted molar refractivity (Wildman–Crippen MR) is 67.1 cm³/mol. The summed E-state index contributed by atoms with van der Waals surface area (Å²) in [5.41, 5.74) is -4.06. The lowest BCUT2D eigenvalue weighted by atomic mass is 10.1. The van der Waals surface area contributed by atoms with Crippen LogP contribution in [0.15, 0.2) is 23.1 Å². The molecular formula is C11H10BrF5OS. The van der Waals surface area contributed by atoms with Crippen LogP contribution in [-0.4, -0.2) is 17.4 Å². The number of alkyl halides is 6. The van der Waals surface area contributed by atoms with Crippen molar-refractivity contribution in [3.8, 4) is 5.75 Å². The third kappa shape index (κ3) is 6.47. The number of thioether (sulfide) groups is 1. The number of rotatable bonds is 6. The minimum atomic E-state index is -4.40. The van der Waals surface area contributed by atoms with Crippen LogP contribution in [0.3, 0.4) is 0 Å². The Labute approximate surface area is 119 Å². The van der Waals surface area contributed by atoms with Gasteiger partial charge >= 0.3 is 12.1 Å². The van der Waals surface area contributed by atoms with Gasteiger partial charge in [-0.2, -0.15) is 22.0 Å². The average molecular weight is 365 g/mol. The maximum Gasteiger partial charge on any atom is 0.446 e. The summed E-state index contributed by atoms with van der Waals surface area (Å²) in [6.45, 7) is -3.00. The van der Waals surface area contributed by atoms with Crippen LogP contribution in [0.4, 0.5) is 22.0 Å². The summed E-state index contributed by atoms with van der Waals surface area (Å²) >= 11 is 2.90. The number of hydrogen-bond donors (Lipinski definition) is 0. The van der Waals surface area contributed by atoms with Gasteiger partial charge in [0.1, 0.15) is 5.75 Å². The third-order valence-electron chi connectivity index (χ3n) is 2.06. The van der Waals surface area contributed by atoms with E-state index in [1.807, 2.05) is 0 Å². The van der Waals surface area contributed by atoms with E-state index < -0.39 is 12.1 Å². The van der Waals surface area contributed by atoms with Crippen LogP contribution < -0.4 is 4.74 Å². The SMILES string of the molecule is FC(F)Oc1ccc(SC(F)(F)F)cc1CCCBr. The summed E-state index contributed by atoms with van der Waals surface area (Å²) in [6, 6.07) is 3.50. The smallest absolute Gasteiger partial charge is 0.435 e. The lowest BCUT2D eigenvalue weighted by Crippen LogP contribution is -2.05. The summed E-state index contributed by atoms with van der Waals surface area (Å²) in [4.78, 5) is -0.0429. The molecule has 0 aromatic heterocycles. The highest BCUT2D eigenvalue weighted by molar-refractivity contribution is 9.09. The minimum Gasteiger partial charge on any atom is -0.435 e. The zero-order valence-electron chi connectivity index (χ0n) is 9.52. The van der Waals surface area contributed by atoms with Gasteiger partial charge in [0, 0.05) is 10.2 Å². The van der Waals surface area contributed by atoms with E-state index in [9.17, 15) is 22.0 Å². The Bertz CT molecular complexity index is 411. The molecule has 0 aliphatic rings. The minimum absolute atomic E-state index is 0.0429. The molecule has 1 aromatic rings. The monoisotopic (exact) mass is 364 g/mol. The Morgan fingerprint density at radius 3 is 2.47 bits per heavy atom. The van der Waals surface area contributed by atoms with Crippen molar-refractivity contribution in [2.45, 2.75) is 29.9 Å². The Morgan fingerprint density at radius 1 is 1.26 bits per heavy atom. The van der Waals surface area contributed by atoms with Gasteiger partial charge in [-0.1, -0.05) is 15.9 Å². The molecule has 0 fully saturated rings. The fraction of sp³-hybridized carbons (Fsp3) is 0.455. The molecule has 19 heavy (non-hydrogen) atoms. The van der Waals surface area contributed by atoms with Crippen molar-refractivity contribution in [3.05, 3.63) is 23.8 Å². The van der Waals surface area contributed by atoms with E-state index in [-0.39, 0.29) is 22.4 Å². The largest absolute Gasteiger partial charge is 0.446 e. The van der Waals surface area contributed by atoms with E-state index in [0.717, 1.165) is 12.1 Å². The second kappa shape index (κ2) is 7.33. The fourth-order valence-electron chi connectivity index (χ4n) is 1.42. The van der Waals surface area contributed by atoms with Gasteiger partial charge in [-0.3, -0.25) is 0 Å². The first-order chi connectivity index (χ1) is 8.81. The molecule has 0 saturated carbocycles. The van der Waals surface area contributed by atoms with E-state index >= 15 is 0 Å². The van der Waals surface area contributed by atoms with Gasteiger partial charge in [0.2, 0.25) is 0 Å². The van der Waals surface area contributed by atoms with E-state index in [1.165, 1.54) is 6.07 Å². The molecular weight excluding hydrogens is 355 g/mol. The molecule has 1 nitrogen and oxygen atoms in total. The molecule has 1 aromatic carbocycles. The third-order valence-corrected chi connectivity index (χ3v) is 3.34. The Morgan fingerprint density at radius 2 is 1.95 bits per heavy atom. The van der Waals surface area contributed by atoms with Crippen LogP contribution in [-0.2, 0) is 6.42 Å². The second-order valence-electron chi connectivity index (χ2n) is 3.49. The fourth-order valence-corrected chi connectivity index (χ4v) is 2.30.